The molecule has 2 amide bonds. The van der Waals surface area contributed by atoms with E-state index in [1.165, 1.54) is 0 Å². The molecule has 3 fully saturated rings. The Balaban J connectivity index is 1.65. The Bertz CT molecular complexity index is 412. The van der Waals surface area contributed by atoms with E-state index in [0.29, 0.717) is 31.0 Å². The van der Waals surface area contributed by atoms with E-state index in [2.05, 4.69) is 10.2 Å². The third-order valence-electron chi connectivity index (χ3n) is 5.50. The number of amides is 2. The van der Waals surface area contributed by atoms with Gasteiger partial charge < -0.3 is 15.1 Å². The normalized spacial score (nSPS) is 32.0. The van der Waals surface area contributed by atoms with Crippen molar-refractivity contribution in [1.82, 2.24) is 15.1 Å². The van der Waals surface area contributed by atoms with E-state index >= 15 is 0 Å². The lowest BCUT2D eigenvalue weighted by Gasteiger charge is -2.37. The molecule has 0 spiro atoms. The number of fused-ring (bicyclic) bond motifs is 2. The molecule has 3 heterocycles. The van der Waals surface area contributed by atoms with Crippen LogP contribution in [0.5, 0.6) is 0 Å². The van der Waals surface area contributed by atoms with Gasteiger partial charge in [-0.3, -0.25) is 9.59 Å². The first kappa shape index (κ1) is 15.8. The van der Waals surface area contributed by atoms with Crippen LogP contribution >= 0.6 is 0 Å². The molecule has 22 heavy (non-hydrogen) atoms. The van der Waals surface area contributed by atoms with Gasteiger partial charge in [-0.1, -0.05) is 6.92 Å². The molecule has 5 nitrogen and oxygen atoms in total. The summed E-state index contributed by atoms with van der Waals surface area (Å²) in [4.78, 5) is 29.3. The fourth-order valence-electron chi connectivity index (χ4n) is 4.33. The molecule has 0 aromatic rings. The average molecular weight is 307 g/mol. The minimum atomic E-state index is 0.0238. The Labute approximate surface area is 133 Å². The van der Waals surface area contributed by atoms with E-state index in [9.17, 15) is 9.59 Å². The van der Waals surface area contributed by atoms with Gasteiger partial charge >= 0.3 is 0 Å². The first-order valence-electron chi connectivity index (χ1n) is 9.01. The first-order chi connectivity index (χ1) is 10.7. The van der Waals surface area contributed by atoms with Crippen molar-refractivity contribution in [2.75, 3.05) is 26.2 Å². The van der Waals surface area contributed by atoms with Crippen molar-refractivity contribution < 1.29 is 9.59 Å². The molecule has 3 saturated heterocycles. The van der Waals surface area contributed by atoms with Gasteiger partial charge in [-0.05, 0) is 45.1 Å². The van der Waals surface area contributed by atoms with Gasteiger partial charge in [-0.25, -0.2) is 0 Å². The van der Waals surface area contributed by atoms with Gasteiger partial charge in [-0.15, -0.1) is 0 Å². The second-order valence-electron chi connectivity index (χ2n) is 7.05. The molecule has 0 radical (unpaired) electrons. The highest BCUT2D eigenvalue weighted by molar-refractivity contribution is 5.82. The molecule has 3 aliphatic heterocycles. The van der Waals surface area contributed by atoms with Crippen LogP contribution in [0.3, 0.4) is 0 Å². The van der Waals surface area contributed by atoms with Gasteiger partial charge in [0.05, 0.1) is 5.92 Å². The largest absolute Gasteiger partial charge is 0.342 e. The van der Waals surface area contributed by atoms with Crippen LogP contribution in [0.4, 0.5) is 0 Å². The van der Waals surface area contributed by atoms with Gasteiger partial charge in [0.25, 0.3) is 0 Å². The minimum Gasteiger partial charge on any atom is -0.342 e. The Hall–Kier alpha value is -1.10. The number of hydrogen-bond donors (Lipinski definition) is 1. The third-order valence-corrected chi connectivity index (χ3v) is 5.50. The maximum atomic E-state index is 13.1. The Morgan fingerprint density at radius 1 is 1.14 bits per heavy atom. The second-order valence-corrected chi connectivity index (χ2v) is 7.05. The average Bonchev–Trinajstić information content (AvgIpc) is 2.80. The highest BCUT2D eigenvalue weighted by Gasteiger charge is 2.41. The van der Waals surface area contributed by atoms with Crippen molar-refractivity contribution in [2.24, 2.45) is 5.92 Å². The summed E-state index contributed by atoms with van der Waals surface area (Å²) in [5, 5.41) is 3.45. The standard InChI is InChI=1S/C17H29N3O2/c1-2-4-16(21)19-10-3-5-13(12-19)17(22)20-14-6-7-15(20)11-18-9-8-14/h13-15,18H,2-12H2,1H3. The predicted octanol–water partition coefficient (Wildman–Crippen LogP) is 1.38. The molecule has 0 aromatic heterocycles. The van der Waals surface area contributed by atoms with Crippen LogP contribution in [0.2, 0.25) is 0 Å². The molecule has 3 rings (SSSR count). The fraction of sp³-hybridized carbons (Fsp3) is 0.882. The summed E-state index contributed by atoms with van der Waals surface area (Å²) >= 11 is 0. The number of carbonyl (C=O) groups is 2. The van der Waals surface area contributed by atoms with Crippen molar-refractivity contribution in [3.8, 4) is 0 Å². The molecular weight excluding hydrogens is 278 g/mol. The molecule has 0 aliphatic carbocycles. The SMILES string of the molecule is CCCC(=O)N1CCCC(C(=O)N2C3CCNCC2CC3)C1. The van der Waals surface area contributed by atoms with Crippen molar-refractivity contribution in [1.29, 1.82) is 0 Å². The zero-order valence-electron chi connectivity index (χ0n) is 13.7. The van der Waals surface area contributed by atoms with Gasteiger partial charge in [0.1, 0.15) is 0 Å². The van der Waals surface area contributed by atoms with Gasteiger partial charge in [0, 0.05) is 38.1 Å². The number of likely N-dealkylation sites (tertiary alicyclic amines) is 1. The maximum Gasteiger partial charge on any atom is 0.228 e. The number of rotatable bonds is 3. The topological polar surface area (TPSA) is 52.7 Å². The summed E-state index contributed by atoms with van der Waals surface area (Å²) in [5.74, 6) is 0.557. The number of piperidine rings is 1. The Morgan fingerprint density at radius 3 is 2.77 bits per heavy atom. The van der Waals surface area contributed by atoms with Crippen LogP contribution in [-0.2, 0) is 9.59 Å². The molecule has 1 N–H and O–H groups in total. The minimum absolute atomic E-state index is 0.0238. The molecule has 3 atom stereocenters. The number of carbonyl (C=O) groups excluding carboxylic acids is 2. The summed E-state index contributed by atoms with van der Waals surface area (Å²) < 4.78 is 0. The predicted molar refractivity (Wildman–Crippen MR) is 85.4 cm³/mol. The van der Waals surface area contributed by atoms with Gasteiger partial charge in [0.15, 0.2) is 0 Å². The summed E-state index contributed by atoms with van der Waals surface area (Å²) in [6, 6.07) is 0.802. The Morgan fingerprint density at radius 2 is 1.95 bits per heavy atom. The van der Waals surface area contributed by atoms with Crippen LogP contribution in [0, 0.1) is 5.92 Å². The molecule has 0 aromatic carbocycles. The molecule has 2 bridgehead atoms. The monoisotopic (exact) mass is 307 g/mol. The van der Waals surface area contributed by atoms with Crippen LogP contribution < -0.4 is 5.32 Å². The van der Waals surface area contributed by atoms with Gasteiger partial charge in [-0.2, -0.15) is 0 Å². The Kier molecular flexibility index (Phi) is 5.01. The van der Waals surface area contributed by atoms with Crippen molar-refractivity contribution in [2.45, 2.75) is 64.0 Å². The number of hydrogen-bond acceptors (Lipinski definition) is 3. The van der Waals surface area contributed by atoms with Crippen molar-refractivity contribution in [3.05, 3.63) is 0 Å². The van der Waals surface area contributed by atoms with Crippen molar-refractivity contribution >= 4 is 11.8 Å². The first-order valence-corrected chi connectivity index (χ1v) is 9.01. The lowest BCUT2D eigenvalue weighted by atomic mass is 9.95. The molecule has 124 valence electrons. The highest BCUT2D eigenvalue weighted by atomic mass is 16.2. The zero-order chi connectivity index (χ0) is 15.5. The summed E-state index contributed by atoms with van der Waals surface area (Å²) in [6.45, 7) is 5.47. The lowest BCUT2D eigenvalue weighted by molar-refractivity contribution is -0.142. The van der Waals surface area contributed by atoms with E-state index < -0.39 is 0 Å². The smallest absolute Gasteiger partial charge is 0.228 e. The molecule has 3 aliphatic rings. The van der Waals surface area contributed by atoms with Crippen LogP contribution in [0.1, 0.15) is 51.9 Å². The summed E-state index contributed by atoms with van der Waals surface area (Å²) in [7, 11) is 0. The summed E-state index contributed by atoms with van der Waals surface area (Å²) in [6.07, 6.45) is 6.77. The summed E-state index contributed by atoms with van der Waals surface area (Å²) in [5.41, 5.74) is 0. The van der Waals surface area contributed by atoms with E-state index in [4.69, 9.17) is 0 Å². The van der Waals surface area contributed by atoms with Crippen molar-refractivity contribution in [3.63, 3.8) is 0 Å². The maximum absolute atomic E-state index is 13.1. The second kappa shape index (κ2) is 6.99. The van der Waals surface area contributed by atoms with Crippen LogP contribution in [0.25, 0.3) is 0 Å². The van der Waals surface area contributed by atoms with E-state index in [1.807, 2.05) is 11.8 Å². The zero-order valence-corrected chi connectivity index (χ0v) is 13.7. The van der Waals surface area contributed by atoms with E-state index in [0.717, 1.165) is 58.2 Å². The fourth-order valence-corrected chi connectivity index (χ4v) is 4.33. The van der Waals surface area contributed by atoms with E-state index in [-0.39, 0.29) is 11.8 Å². The van der Waals surface area contributed by atoms with Crippen LogP contribution in [0.15, 0.2) is 0 Å². The van der Waals surface area contributed by atoms with E-state index in [1.54, 1.807) is 0 Å². The van der Waals surface area contributed by atoms with Crippen LogP contribution in [-0.4, -0.2) is 59.9 Å². The molecule has 5 heteroatoms. The molecule has 3 unspecified atom stereocenters. The van der Waals surface area contributed by atoms with Gasteiger partial charge in [0.2, 0.25) is 11.8 Å². The highest BCUT2D eigenvalue weighted by Crippen LogP contribution is 2.31. The quantitative estimate of drug-likeness (QED) is 0.857. The number of nitrogens with one attached hydrogen (secondary N) is 1. The molecular formula is C17H29N3O2. The third kappa shape index (κ3) is 3.14. The molecule has 0 saturated carbocycles. The number of nitrogens with zero attached hydrogens (tertiary/aromatic N) is 2. The lowest BCUT2D eigenvalue weighted by Crippen LogP contribution is -2.50.